The molecule has 0 atom stereocenters. The number of rotatable bonds is 3. The fourth-order valence-electron chi connectivity index (χ4n) is 5.02. The van der Waals surface area contributed by atoms with Crippen molar-refractivity contribution in [2.75, 3.05) is 0 Å². The van der Waals surface area contributed by atoms with Gasteiger partial charge in [0.15, 0.2) is 0 Å². The molecule has 3 heterocycles. The van der Waals surface area contributed by atoms with Crippen LogP contribution in [0.3, 0.4) is 0 Å². The van der Waals surface area contributed by atoms with Crippen molar-refractivity contribution in [2.24, 2.45) is 0 Å². The van der Waals surface area contributed by atoms with Crippen LogP contribution < -0.4 is 0 Å². The Morgan fingerprint density at radius 1 is 0.590 bits per heavy atom. The molecule has 3 nitrogen and oxygen atoms in total. The standard InChI is InChI=1S/C33H19F3N2O/c34-33(35,36)26-13-10-20(11-14-26)21-6-7-23-18-24(9-8-22(23)17-21)25-12-15-30(38-19-25)29-4-1-3-27-28-5-2-16-37-32(28)39-31(27)29/h1-19H. The van der Waals surface area contributed by atoms with Gasteiger partial charge in [0.2, 0.25) is 5.71 Å². The lowest BCUT2D eigenvalue weighted by molar-refractivity contribution is -0.137. The zero-order valence-electron chi connectivity index (χ0n) is 20.4. The van der Waals surface area contributed by atoms with Crippen LogP contribution in [0.5, 0.6) is 0 Å². The molecule has 0 saturated heterocycles. The highest BCUT2D eigenvalue weighted by molar-refractivity contribution is 6.08. The fraction of sp³-hybridized carbons (Fsp3) is 0.0303. The summed E-state index contributed by atoms with van der Waals surface area (Å²) in [5, 5.41) is 4.02. The Labute approximate surface area is 221 Å². The van der Waals surface area contributed by atoms with Gasteiger partial charge in [-0.25, -0.2) is 4.98 Å². The second-order valence-electron chi connectivity index (χ2n) is 9.42. The number of fused-ring (bicyclic) bond motifs is 4. The average molecular weight is 517 g/mol. The Hall–Kier alpha value is -4.97. The molecule has 0 bridgehead atoms. The molecule has 0 aliphatic carbocycles. The van der Waals surface area contributed by atoms with Gasteiger partial charge in [0.25, 0.3) is 0 Å². The van der Waals surface area contributed by atoms with Gasteiger partial charge in [-0.2, -0.15) is 13.2 Å². The van der Waals surface area contributed by atoms with E-state index in [1.807, 2.05) is 79.0 Å². The molecular weight excluding hydrogens is 497 g/mol. The second kappa shape index (κ2) is 8.81. The molecule has 0 saturated carbocycles. The van der Waals surface area contributed by atoms with E-state index in [-0.39, 0.29) is 0 Å². The summed E-state index contributed by atoms with van der Waals surface area (Å²) in [7, 11) is 0. The normalized spacial score (nSPS) is 12.0. The first-order valence-electron chi connectivity index (χ1n) is 12.4. The molecule has 6 heteroatoms. The summed E-state index contributed by atoms with van der Waals surface area (Å²) < 4.78 is 44.8. The summed E-state index contributed by atoms with van der Waals surface area (Å²) in [5.41, 5.74) is 6.05. The molecule has 0 spiro atoms. The molecule has 39 heavy (non-hydrogen) atoms. The number of aromatic nitrogens is 2. The molecule has 0 fully saturated rings. The van der Waals surface area contributed by atoms with Crippen LogP contribution >= 0.6 is 0 Å². The predicted octanol–water partition coefficient (Wildman–Crippen LogP) is 9.55. The maximum atomic E-state index is 12.9. The highest BCUT2D eigenvalue weighted by Crippen LogP contribution is 2.36. The first-order valence-corrected chi connectivity index (χ1v) is 12.4. The van der Waals surface area contributed by atoms with Gasteiger partial charge in [-0.15, -0.1) is 0 Å². The summed E-state index contributed by atoms with van der Waals surface area (Å²) in [6.45, 7) is 0. The third kappa shape index (κ3) is 4.10. The smallest absolute Gasteiger partial charge is 0.416 e. The molecule has 7 aromatic rings. The summed E-state index contributed by atoms with van der Waals surface area (Å²) >= 11 is 0. The van der Waals surface area contributed by atoms with Crippen LogP contribution in [0.2, 0.25) is 0 Å². The SMILES string of the molecule is FC(F)(F)c1ccc(-c2ccc3cc(-c4ccc(-c5cccc6c5oc5ncccc56)nc4)ccc3c2)cc1. The molecular formula is C33H19F3N2O. The third-order valence-electron chi connectivity index (χ3n) is 7.03. The van der Waals surface area contributed by atoms with Gasteiger partial charge >= 0.3 is 6.18 Å². The minimum Gasteiger partial charge on any atom is -0.437 e. The number of halogens is 3. The molecule has 0 aliphatic heterocycles. The highest BCUT2D eigenvalue weighted by Gasteiger charge is 2.30. The maximum absolute atomic E-state index is 12.9. The number of furan rings is 1. The van der Waals surface area contributed by atoms with Crippen molar-refractivity contribution >= 4 is 32.8 Å². The quantitative estimate of drug-likeness (QED) is 0.235. The molecule has 188 valence electrons. The van der Waals surface area contributed by atoms with E-state index < -0.39 is 11.7 Å². The Morgan fingerprint density at radius 2 is 1.26 bits per heavy atom. The van der Waals surface area contributed by atoms with E-state index in [9.17, 15) is 13.2 Å². The van der Waals surface area contributed by atoms with Crippen molar-refractivity contribution in [1.29, 1.82) is 0 Å². The molecule has 7 rings (SSSR count). The van der Waals surface area contributed by atoms with Gasteiger partial charge < -0.3 is 4.42 Å². The molecule has 0 amide bonds. The largest absolute Gasteiger partial charge is 0.437 e. The lowest BCUT2D eigenvalue weighted by Gasteiger charge is -2.09. The third-order valence-corrected chi connectivity index (χ3v) is 7.03. The van der Waals surface area contributed by atoms with Gasteiger partial charge in [0, 0.05) is 34.3 Å². The van der Waals surface area contributed by atoms with E-state index in [4.69, 9.17) is 9.40 Å². The number of hydrogen-bond donors (Lipinski definition) is 0. The van der Waals surface area contributed by atoms with Crippen molar-refractivity contribution in [2.45, 2.75) is 6.18 Å². The van der Waals surface area contributed by atoms with E-state index >= 15 is 0 Å². The number of pyridine rings is 2. The summed E-state index contributed by atoms with van der Waals surface area (Å²) in [5.74, 6) is 0. The average Bonchev–Trinajstić information content (AvgIpc) is 3.35. The van der Waals surface area contributed by atoms with Crippen LogP contribution in [0, 0.1) is 0 Å². The minimum absolute atomic E-state index is 0.606. The number of benzene rings is 4. The van der Waals surface area contributed by atoms with Crippen molar-refractivity contribution in [3.63, 3.8) is 0 Å². The van der Waals surface area contributed by atoms with Crippen molar-refractivity contribution in [3.8, 4) is 33.5 Å². The number of hydrogen-bond acceptors (Lipinski definition) is 3. The summed E-state index contributed by atoms with van der Waals surface area (Å²) in [4.78, 5) is 9.08. The van der Waals surface area contributed by atoms with Gasteiger partial charge in [0.05, 0.1) is 11.3 Å². The molecule has 4 aromatic carbocycles. The lowest BCUT2D eigenvalue weighted by Crippen LogP contribution is -2.03. The van der Waals surface area contributed by atoms with Gasteiger partial charge in [-0.3, -0.25) is 4.98 Å². The van der Waals surface area contributed by atoms with Gasteiger partial charge in [0.1, 0.15) is 5.58 Å². The van der Waals surface area contributed by atoms with Gasteiger partial charge in [-0.05, 0) is 76.0 Å². The molecule has 3 aromatic heterocycles. The van der Waals surface area contributed by atoms with E-state index in [0.717, 1.165) is 72.8 Å². The Kier molecular flexibility index (Phi) is 5.23. The summed E-state index contributed by atoms with van der Waals surface area (Å²) in [6.07, 6.45) is -0.771. The van der Waals surface area contributed by atoms with E-state index in [1.54, 1.807) is 6.20 Å². The van der Waals surface area contributed by atoms with Gasteiger partial charge in [-0.1, -0.05) is 54.6 Å². The van der Waals surface area contributed by atoms with Crippen molar-refractivity contribution < 1.29 is 17.6 Å². The Balaban J connectivity index is 1.19. The summed E-state index contributed by atoms with van der Waals surface area (Å²) in [6, 6.07) is 31.3. The number of nitrogens with zero attached hydrogens (tertiary/aromatic N) is 2. The first kappa shape index (κ1) is 23.2. The zero-order chi connectivity index (χ0) is 26.6. The van der Waals surface area contributed by atoms with Crippen LogP contribution in [0.25, 0.3) is 66.4 Å². The Bertz CT molecular complexity index is 1990. The zero-order valence-corrected chi connectivity index (χ0v) is 20.4. The van der Waals surface area contributed by atoms with E-state index in [2.05, 4.69) is 11.1 Å². The highest BCUT2D eigenvalue weighted by atomic mass is 19.4. The Morgan fingerprint density at radius 3 is 1.95 bits per heavy atom. The number of alkyl halides is 3. The topological polar surface area (TPSA) is 38.9 Å². The monoisotopic (exact) mass is 516 g/mol. The maximum Gasteiger partial charge on any atom is 0.416 e. The molecule has 0 radical (unpaired) electrons. The predicted molar refractivity (Wildman–Crippen MR) is 148 cm³/mol. The van der Waals surface area contributed by atoms with Crippen LogP contribution in [0.1, 0.15) is 5.56 Å². The second-order valence-corrected chi connectivity index (χ2v) is 9.42. The fourth-order valence-corrected chi connectivity index (χ4v) is 5.02. The van der Waals surface area contributed by atoms with E-state index in [1.165, 1.54) is 12.1 Å². The van der Waals surface area contributed by atoms with E-state index in [0.29, 0.717) is 5.71 Å². The van der Waals surface area contributed by atoms with Crippen molar-refractivity contribution in [3.05, 3.63) is 121 Å². The number of para-hydroxylation sites is 1. The molecule has 0 N–H and O–H groups in total. The minimum atomic E-state index is -4.34. The first-order chi connectivity index (χ1) is 18.9. The van der Waals surface area contributed by atoms with Crippen LogP contribution in [0.4, 0.5) is 13.2 Å². The van der Waals surface area contributed by atoms with Crippen LogP contribution in [-0.2, 0) is 6.18 Å². The van der Waals surface area contributed by atoms with Crippen LogP contribution in [-0.4, -0.2) is 9.97 Å². The van der Waals surface area contributed by atoms with Crippen LogP contribution in [0.15, 0.2) is 120 Å². The molecule has 0 aliphatic rings. The lowest BCUT2D eigenvalue weighted by atomic mass is 9.97. The van der Waals surface area contributed by atoms with Crippen molar-refractivity contribution in [1.82, 2.24) is 9.97 Å². The molecule has 0 unspecified atom stereocenters.